The van der Waals surface area contributed by atoms with E-state index in [1.54, 1.807) is 0 Å². The molecule has 1 aromatic carbocycles. The summed E-state index contributed by atoms with van der Waals surface area (Å²) in [7, 11) is 0. The van der Waals surface area contributed by atoms with Gasteiger partial charge < -0.3 is 0 Å². The second-order valence-corrected chi connectivity index (χ2v) is 6.72. The Bertz CT molecular complexity index is 643. The van der Waals surface area contributed by atoms with Gasteiger partial charge in [0.1, 0.15) is 0 Å². The number of hydrogen-bond donors (Lipinski definition) is 0. The Morgan fingerprint density at radius 3 is 2.89 bits per heavy atom. The van der Waals surface area contributed by atoms with E-state index in [-0.39, 0.29) is 10.8 Å². The maximum atomic E-state index is 6.38. The van der Waals surface area contributed by atoms with Gasteiger partial charge in [0, 0.05) is 11.6 Å². The molecule has 0 N–H and O–H groups in total. The van der Waals surface area contributed by atoms with Crippen LogP contribution in [-0.4, -0.2) is 10.4 Å². The van der Waals surface area contributed by atoms with Crippen LogP contribution in [0.2, 0.25) is 0 Å². The van der Waals surface area contributed by atoms with Gasteiger partial charge in [0.2, 0.25) is 0 Å². The molecule has 1 unspecified atom stereocenters. The summed E-state index contributed by atoms with van der Waals surface area (Å²) in [6, 6.07) is 10.6. The van der Waals surface area contributed by atoms with Crippen molar-refractivity contribution in [1.29, 1.82) is 0 Å². The first kappa shape index (κ1) is 12.7. The highest BCUT2D eigenvalue weighted by molar-refractivity contribution is 6.22. The van der Waals surface area contributed by atoms with E-state index in [0.717, 1.165) is 18.4 Å². The van der Waals surface area contributed by atoms with Crippen molar-refractivity contribution in [2.45, 2.75) is 32.1 Å². The Kier molecular flexibility index (Phi) is 3.10. The molecule has 0 spiro atoms. The first-order chi connectivity index (χ1) is 9.03. The van der Waals surface area contributed by atoms with E-state index in [1.165, 1.54) is 16.5 Å². The van der Waals surface area contributed by atoms with Crippen molar-refractivity contribution in [3.8, 4) is 0 Å². The summed E-state index contributed by atoms with van der Waals surface area (Å²) in [5, 5.41) is 1.33. The van der Waals surface area contributed by atoms with E-state index in [9.17, 15) is 0 Å². The summed E-state index contributed by atoms with van der Waals surface area (Å²) in [6.07, 6.45) is 6.18. The Balaban J connectivity index is 2.04. The summed E-state index contributed by atoms with van der Waals surface area (Å²) in [4.78, 5) is 4.37. The third-order valence-corrected chi connectivity index (χ3v) is 4.05. The van der Waals surface area contributed by atoms with Crippen LogP contribution in [0.25, 0.3) is 16.5 Å². The summed E-state index contributed by atoms with van der Waals surface area (Å²) in [5.74, 6) is 0. The molecule has 2 aromatic rings. The fraction of sp³-hybridized carbons (Fsp3) is 0.353. The molecule has 1 heterocycles. The van der Waals surface area contributed by atoms with Gasteiger partial charge in [-0.3, -0.25) is 4.98 Å². The van der Waals surface area contributed by atoms with Gasteiger partial charge in [0.05, 0.1) is 10.9 Å². The molecule has 0 amide bonds. The van der Waals surface area contributed by atoms with Crippen molar-refractivity contribution < 1.29 is 0 Å². The molecule has 0 fully saturated rings. The highest BCUT2D eigenvalue weighted by Crippen LogP contribution is 2.41. The van der Waals surface area contributed by atoms with Crippen molar-refractivity contribution in [3.05, 3.63) is 48.2 Å². The number of rotatable bonds is 1. The van der Waals surface area contributed by atoms with Gasteiger partial charge in [0.25, 0.3) is 0 Å². The Morgan fingerprint density at radius 2 is 2.11 bits per heavy atom. The number of pyridine rings is 1. The molecule has 1 aliphatic rings. The largest absolute Gasteiger partial charge is 0.256 e. The molecule has 0 saturated heterocycles. The standard InChI is InChI=1S/C17H18ClN/c1-17(2)10-14(9-15(18)11-17)12-5-6-16-13(8-12)4-3-7-19-16/h3-9,15H,10-11H2,1-2H3. The lowest BCUT2D eigenvalue weighted by Gasteiger charge is -2.32. The van der Waals surface area contributed by atoms with Crippen LogP contribution < -0.4 is 0 Å². The number of benzene rings is 1. The van der Waals surface area contributed by atoms with Crippen LogP contribution in [0.3, 0.4) is 0 Å². The van der Waals surface area contributed by atoms with E-state index in [4.69, 9.17) is 11.6 Å². The maximum absolute atomic E-state index is 6.38. The van der Waals surface area contributed by atoms with Crippen LogP contribution in [-0.2, 0) is 0 Å². The predicted molar refractivity (Wildman–Crippen MR) is 82.4 cm³/mol. The van der Waals surface area contributed by atoms with Crippen molar-refractivity contribution in [3.63, 3.8) is 0 Å². The highest BCUT2D eigenvalue weighted by Gasteiger charge is 2.28. The molecule has 0 saturated carbocycles. The number of alkyl halides is 1. The number of allylic oxidation sites excluding steroid dienone is 2. The van der Waals surface area contributed by atoms with Gasteiger partial charge >= 0.3 is 0 Å². The van der Waals surface area contributed by atoms with Gasteiger partial charge in [0.15, 0.2) is 0 Å². The molecule has 1 atom stereocenters. The van der Waals surface area contributed by atoms with E-state index in [2.05, 4.69) is 49.2 Å². The maximum Gasteiger partial charge on any atom is 0.0702 e. The Morgan fingerprint density at radius 1 is 1.26 bits per heavy atom. The van der Waals surface area contributed by atoms with Gasteiger partial charge in [-0.1, -0.05) is 32.1 Å². The lowest BCUT2D eigenvalue weighted by atomic mass is 9.75. The minimum atomic E-state index is 0.142. The van der Waals surface area contributed by atoms with Crippen LogP contribution in [0.15, 0.2) is 42.6 Å². The number of aromatic nitrogens is 1. The number of fused-ring (bicyclic) bond motifs is 1. The fourth-order valence-corrected chi connectivity index (χ4v) is 3.50. The zero-order valence-corrected chi connectivity index (χ0v) is 12.1. The smallest absolute Gasteiger partial charge is 0.0702 e. The molecule has 0 bridgehead atoms. The molecule has 1 aromatic heterocycles. The number of nitrogens with zero attached hydrogens (tertiary/aromatic N) is 1. The number of halogens is 1. The SMILES string of the molecule is CC1(C)CC(c2ccc3ncccc3c2)=CC(Cl)C1. The monoisotopic (exact) mass is 271 g/mol. The van der Waals surface area contributed by atoms with Gasteiger partial charge in [-0.2, -0.15) is 0 Å². The second kappa shape index (κ2) is 4.64. The van der Waals surface area contributed by atoms with Crippen molar-refractivity contribution in [2.24, 2.45) is 5.41 Å². The minimum Gasteiger partial charge on any atom is -0.256 e. The van der Waals surface area contributed by atoms with Crippen LogP contribution >= 0.6 is 11.6 Å². The molecule has 19 heavy (non-hydrogen) atoms. The lowest BCUT2D eigenvalue weighted by molar-refractivity contribution is 0.340. The molecular formula is C17H18ClN. The Labute approximate surface area is 119 Å². The Hall–Kier alpha value is -1.34. The zero-order chi connectivity index (χ0) is 13.5. The van der Waals surface area contributed by atoms with Crippen LogP contribution in [0.4, 0.5) is 0 Å². The molecule has 0 aliphatic heterocycles. The average molecular weight is 272 g/mol. The fourth-order valence-electron chi connectivity index (χ4n) is 2.93. The third-order valence-electron chi connectivity index (χ3n) is 3.77. The van der Waals surface area contributed by atoms with E-state index < -0.39 is 0 Å². The predicted octanol–water partition coefficient (Wildman–Crippen LogP) is 5.05. The molecule has 2 heteroatoms. The van der Waals surface area contributed by atoms with Gasteiger partial charge in [-0.15, -0.1) is 11.6 Å². The van der Waals surface area contributed by atoms with E-state index in [0.29, 0.717) is 0 Å². The van der Waals surface area contributed by atoms with E-state index >= 15 is 0 Å². The molecule has 1 aliphatic carbocycles. The molecule has 3 rings (SSSR count). The van der Waals surface area contributed by atoms with Crippen molar-refractivity contribution in [1.82, 2.24) is 4.98 Å². The topological polar surface area (TPSA) is 12.9 Å². The summed E-state index contributed by atoms with van der Waals surface area (Å²) < 4.78 is 0. The third kappa shape index (κ3) is 2.66. The second-order valence-electron chi connectivity index (χ2n) is 6.16. The summed E-state index contributed by atoms with van der Waals surface area (Å²) in [5.41, 5.74) is 3.96. The summed E-state index contributed by atoms with van der Waals surface area (Å²) >= 11 is 6.38. The van der Waals surface area contributed by atoms with Crippen molar-refractivity contribution in [2.75, 3.05) is 0 Å². The van der Waals surface area contributed by atoms with Crippen molar-refractivity contribution >= 4 is 28.1 Å². The van der Waals surface area contributed by atoms with Crippen LogP contribution in [0.1, 0.15) is 32.3 Å². The molecular weight excluding hydrogens is 254 g/mol. The molecule has 1 nitrogen and oxygen atoms in total. The highest BCUT2D eigenvalue weighted by atomic mass is 35.5. The van der Waals surface area contributed by atoms with Gasteiger partial charge in [-0.05, 0) is 47.6 Å². The average Bonchev–Trinajstić information content (AvgIpc) is 2.36. The molecule has 0 radical (unpaired) electrons. The number of hydrogen-bond acceptors (Lipinski definition) is 1. The van der Waals surface area contributed by atoms with Crippen LogP contribution in [0.5, 0.6) is 0 Å². The summed E-state index contributed by atoms with van der Waals surface area (Å²) in [6.45, 7) is 4.58. The minimum absolute atomic E-state index is 0.142. The first-order valence-electron chi connectivity index (χ1n) is 6.73. The zero-order valence-electron chi connectivity index (χ0n) is 11.4. The molecule has 98 valence electrons. The van der Waals surface area contributed by atoms with Gasteiger partial charge in [-0.25, -0.2) is 0 Å². The van der Waals surface area contributed by atoms with E-state index in [1.807, 2.05) is 12.3 Å². The first-order valence-corrected chi connectivity index (χ1v) is 7.17. The van der Waals surface area contributed by atoms with Crippen LogP contribution in [0, 0.1) is 5.41 Å². The quantitative estimate of drug-likeness (QED) is 0.662. The lowest BCUT2D eigenvalue weighted by Crippen LogP contribution is -2.21. The normalized spacial score (nSPS) is 22.3.